The molecule has 0 bridgehead atoms. The SMILES string of the molecule is Cc1c(NC(=O)Cc2ccc(F)cc2)ccc2nccn12. The second-order valence-corrected chi connectivity index (χ2v) is 4.84. The molecular weight excluding hydrogens is 269 g/mol. The van der Waals surface area contributed by atoms with E-state index in [0.29, 0.717) is 0 Å². The van der Waals surface area contributed by atoms with Gasteiger partial charge >= 0.3 is 0 Å². The van der Waals surface area contributed by atoms with Gasteiger partial charge in [0.05, 0.1) is 12.1 Å². The zero-order valence-electron chi connectivity index (χ0n) is 11.5. The van der Waals surface area contributed by atoms with Crippen LogP contribution >= 0.6 is 0 Å². The van der Waals surface area contributed by atoms with Crippen molar-refractivity contribution in [1.29, 1.82) is 0 Å². The van der Waals surface area contributed by atoms with Crippen molar-refractivity contribution in [3.8, 4) is 0 Å². The molecule has 106 valence electrons. The van der Waals surface area contributed by atoms with Crippen LogP contribution in [0.15, 0.2) is 48.8 Å². The van der Waals surface area contributed by atoms with Crippen molar-refractivity contribution < 1.29 is 9.18 Å². The van der Waals surface area contributed by atoms with Crippen LogP contribution < -0.4 is 5.32 Å². The van der Waals surface area contributed by atoms with Gasteiger partial charge < -0.3 is 9.72 Å². The summed E-state index contributed by atoms with van der Waals surface area (Å²) in [5, 5.41) is 2.87. The van der Waals surface area contributed by atoms with Gasteiger partial charge in [-0.3, -0.25) is 4.79 Å². The smallest absolute Gasteiger partial charge is 0.228 e. The van der Waals surface area contributed by atoms with Crippen molar-refractivity contribution in [2.45, 2.75) is 13.3 Å². The van der Waals surface area contributed by atoms with Gasteiger partial charge in [-0.25, -0.2) is 9.37 Å². The second-order valence-electron chi connectivity index (χ2n) is 4.84. The Morgan fingerprint density at radius 2 is 2.00 bits per heavy atom. The molecule has 2 heterocycles. The predicted molar refractivity (Wildman–Crippen MR) is 78.7 cm³/mol. The minimum absolute atomic E-state index is 0.135. The van der Waals surface area contributed by atoms with Crippen LogP contribution in [0.5, 0.6) is 0 Å². The molecule has 21 heavy (non-hydrogen) atoms. The van der Waals surface area contributed by atoms with Gasteiger partial charge in [-0.15, -0.1) is 0 Å². The number of carbonyl (C=O) groups is 1. The first-order valence-corrected chi connectivity index (χ1v) is 6.60. The molecule has 0 atom stereocenters. The van der Waals surface area contributed by atoms with Crippen molar-refractivity contribution in [2.75, 3.05) is 5.32 Å². The molecule has 3 rings (SSSR count). The Balaban J connectivity index is 1.76. The van der Waals surface area contributed by atoms with E-state index in [1.807, 2.05) is 29.7 Å². The van der Waals surface area contributed by atoms with Crippen molar-refractivity contribution in [3.63, 3.8) is 0 Å². The number of pyridine rings is 1. The topological polar surface area (TPSA) is 46.4 Å². The minimum Gasteiger partial charge on any atom is -0.324 e. The Bertz CT molecular complexity index is 793. The number of nitrogens with zero attached hydrogens (tertiary/aromatic N) is 2. The van der Waals surface area contributed by atoms with E-state index >= 15 is 0 Å². The first-order valence-electron chi connectivity index (χ1n) is 6.60. The monoisotopic (exact) mass is 283 g/mol. The van der Waals surface area contributed by atoms with Crippen molar-refractivity contribution in [2.24, 2.45) is 0 Å². The summed E-state index contributed by atoms with van der Waals surface area (Å²) in [4.78, 5) is 16.3. The fraction of sp³-hybridized carbons (Fsp3) is 0.125. The third kappa shape index (κ3) is 2.76. The lowest BCUT2D eigenvalue weighted by atomic mass is 10.1. The fourth-order valence-electron chi connectivity index (χ4n) is 2.24. The number of hydrogen-bond donors (Lipinski definition) is 1. The highest BCUT2D eigenvalue weighted by atomic mass is 19.1. The number of fused-ring (bicyclic) bond motifs is 1. The molecule has 0 saturated heterocycles. The van der Waals surface area contributed by atoms with Gasteiger partial charge in [-0.05, 0) is 36.8 Å². The van der Waals surface area contributed by atoms with Crippen LogP contribution in [0, 0.1) is 12.7 Å². The molecule has 2 aromatic heterocycles. The molecule has 1 aromatic carbocycles. The second kappa shape index (κ2) is 5.36. The molecule has 0 fully saturated rings. The number of halogens is 1. The van der Waals surface area contributed by atoms with Crippen LogP contribution in [0.3, 0.4) is 0 Å². The molecule has 0 aliphatic rings. The Hall–Kier alpha value is -2.69. The Morgan fingerprint density at radius 1 is 1.24 bits per heavy atom. The number of benzene rings is 1. The summed E-state index contributed by atoms with van der Waals surface area (Å²) >= 11 is 0. The van der Waals surface area contributed by atoms with Crippen LogP contribution in [0.2, 0.25) is 0 Å². The maximum absolute atomic E-state index is 12.8. The van der Waals surface area contributed by atoms with Crippen LogP contribution in [0.25, 0.3) is 5.65 Å². The first kappa shape index (κ1) is 13.3. The molecular formula is C16H14FN3O. The lowest BCUT2D eigenvalue weighted by molar-refractivity contribution is -0.115. The lowest BCUT2D eigenvalue weighted by Gasteiger charge is -2.10. The highest BCUT2D eigenvalue weighted by molar-refractivity contribution is 5.92. The summed E-state index contributed by atoms with van der Waals surface area (Å²) in [6, 6.07) is 9.61. The summed E-state index contributed by atoms with van der Waals surface area (Å²) in [5.41, 5.74) is 3.27. The largest absolute Gasteiger partial charge is 0.324 e. The molecule has 4 nitrogen and oxygen atoms in total. The number of hydrogen-bond acceptors (Lipinski definition) is 2. The number of nitrogens with one attached hydrogen (secondary N) is 1. The van der Waals surface area contributed by atoms with Gasteiger partial charge in [-0.1, -0.05) is 12.1 Å². The summed E-state index contributed by atoms with van der Waals surface area (Å²) in [6.45, 7) is 1.92. The molecule has 1 amide bonds. The van der Waals surface area contributed by atoms with Gasteiger partial charge in [0.15, 0.2) is 0 Å². The van der Waals surface area contributed by atoms with E-state index < -0.39 is 0 Å². The van der Waals surface area contributed by atoms with Crippen LogP contribution in [-0.2, 0) is 11.2 Å². The molecule has 5 heteroatoms. The highest BCUT2D eigenvalue weighted by Gasteiger charge is 2.08. The summed E-state index contributed by atoms with van der Waals surface area (Å²) in [6.07, 6.45) is 3.77. The lowest BCUT2D eigenvalue weighted by Crippen LogP contribution is -2.16. The van der Waals surface area contributed by atoms with Crippen LogP contribution in [-0.4, -0.2) is 15.3 Å². The van der Waals surface area contributed by atoms with Gasteiger partial charge in [0, 0.05) is 18.1 Å². The first-order chi connectivity index (χ1) is 10.1. The summed E-state index contributed by atoms with van der Waals surface area (Å²) < 4.78 is 14.7. The predicted octanol–water partition coefficient (Wildman–Crippen LogP) is 2.96. The third-order valence-corrected chi connectivity index (χ3v) is 3.37. The fourth-order valence-corrected chi connectivity index (χ4v) is 2.24. The van der Waals surface area contributed by atoms with Gasteiger partial charge in [0.1, 0.15) is 11.5 Å². The zero-order valence-corrected chi connectivity index (χ0v) is 11.5. The van der Waals surface area contributed by atoms with E-state index in [1.165, 1.54) is 12.1 Å². The Labute approximate surface area is 121 Å². The normalized spacial score (nSPS) is 10.8. The zero-order chi connectivity index (χ0) is 14.8. The van der Waals surface area contributed by atoms with Gasteiger partial charge in [0.25, 0.3) is 0 Å². The summed E-state index contributed by atoms with van der Waals surface area (Å²) in [7, 11) is 0. The number of amides is 1. The third-order valence-electron chi connectivity index (χ3n) is 3.37. The van der Waals surface area contributed by atoms with Crippen molar-refractivity contribution >= 4 is 17.2 Å². The number of anilines is 1. The van der Waals surface area contributed by atoms with Crippen LogP contribution in [0.1, 0.15) is 11.3 Å². The average molecular weight is 283 g/mol. The van der Waals surface area contributed by atoms with E-state index in [4.69, 9.17) is 0 Å². The number of rotatable bonds is 3. The van der Waals surface area contributed by atoms with E-state index in [-0.39, 0.29) is 18.1 Å². The minimum atomic E-state index is -0.305. The maximum atomic E-state index is 12.8. The number of imidazole rings is 1. The molecule has 0 aliphatic carbocycles. The number of aromatic nitrogens is 2. The Morgan fingerprint density at radius 3 is 2.76 bits per heavy atom. The van der Waals surface area contributed by atoms with Crippen LogP contribution in [0.4, 0.5) is 10.1 Å². The molecule has 3 aromatic rings. The standard InChI is InChI=1S/C16H14FN3O/c1-11-14(6-7-15-18-8-9-20(11)15)19-16(21)10-12-2-4-13(17)5-3-12/h2-9H,10H2,1H3,(H,19,21). The quantitative estimate of drug-likeness (QED) is 0.803. The molecule has 0 aliphatic heterocycles. The maximum Gasteiger partial charge on any atom is 0.228 e. The van der Waals surface area contributed by atoms with E-state index in [1.54, 1.807) is 18.3 Å². The molecule has 0 spiro atoms. The summed E-state index contributed by atoms with van der Waals surface area (Å²) in [5.74, 6) is -0.440. The van der Waals surface area contributed by atoms with Crippen molar-refractivity contribution in [3.05, 3.63) is 65.9 Å². The molecule has 0 unspecified atom stereocenters. The molecule has 0 saturated carbocycles. The number of carbonyl (C=O) groups excluding carboxylic acids is 1. The van der Waals surface area contributed by atoms with Gasteiger partial charge in [-0.2, -0.15) is 0 Å². The molecule has 1 N–H and O–H groups in total. The highest BCUT2D eigenvalue weighted by Crippen LogP contribution is 2.17. The van der Waals surface area contributed by atoms with Gasteiger partial charge in [0.2, 0.25) is 5.91 Å². The molecule has 0 radical (unpaired) electrons. The Kier molecular flexibility index (Phi) is 3.39. The van der Waals surface area contributed by atoms with E-state index in [9.17, 15) is 9.18 Å². The average Bonchev–Trinajstić information content (AvgIpc) is 2.94. The van der Waals surface area contributed by atoms with E-state index in [2.05, 4.69) is 10.3 Å². The van der Waals surface area contributed by atoms with Crippen molar-refractivity contribution in [1.82, 2.24) is 9.38 Å². The number of aryl methyl sites for hydroxylation is 1. The van der Waals surface area contributed by atoms with E-state index in [0.717, 1.165) is 22.6 Å².